The van der Waals surface area contributed by atoms with Gasteiger partial charge in [-0.05, 0) is 18.9 Å². The molecule has 1 fully saturated rings. The number of halogens is 3. The van der Waals surface area contributed by atoms with Gasteiger partial charge in [-0.25, -0.2) is 0 Å². The Bertz CT molecular complexity index is 484. The standard InChI is InChI=1S/C12H13F3N2OS/c13-12(14,15)11(18)1-3-17(4-2-11)7-10-5-9(6-16)8-19-10/h5,8,18H,1-4,7H2. The van der Waals surface area contributed by atoms with Gasteiger partial charge in [-0.3, -0.25) is 4.90 Å². The maximum atomic E-state index is 12.6. The second-order valence-corrected chi connectivity index (χ2v) is 5.71. The van der Waals surface area contributed by atoms with Crippen molar-refractivity contribution < 1.29 is 18.3 Å². The molecule has 2 rings (SSSR count). The van der Waals surface area contributed by atoms with Gasteiger partial charge in [0.1, 0.15) is 6.07 Å². The first-order chi connectivity index (χ1) is 8.84. The first kappa shape index (κ1) is 14.3. The molecule has 7 heteroatoms. The largest absolute Gasteiger partial charge is 0.417 e. The van der Waals surface area contributed by atoms with E-state index < -0.39 is 11.8 Å². The van der Waals surface area contributed by atoms with E-state index in [0.29, 0.717) is 12.1 Å². The number of hydrogen-bond acceptors (Lipinski definition) is 4. The van der Waals surface area contributed by atoms with E-state index in [2.05, 4.69) is 0 Å². The Morgan fingerprint density at radius 1 is 1.42 bits per heavy atom. The molecule has 1 aromatic rings. The van der Waals surface area contributed by atoms with Gasteiger partial charge in [0.2, 0.25) is 0 Å². The van der Waals surface area contributed by atoms with E-state index in [4.69, 9.17) is 5.26 Å². The number of nitrogens with zero attached hydrogens (tertiary/aromatic N) is 2. The number of likely N-dealkylation sites (tertiary alicyclic amines) is 1. The number of rotatable bonds is 2. The number of alkyl halides is 3. The van der Waals surface area contributed by atoms with Crippen molar-refractivity contribution in [2.45, 2.75) is 31.2 Å². The SMILES string of the molecule is N#Cc1csc(CN2CCC(O)(C(F)(F)F)CC2)c1. The topological polar surface area (TPSA) is 47.3 Å². The van der Waals surface area contributed by atoms with Crippen molar-refractivity contribution in [1.82, 2.24) is 4.90 Å². The monoisotopic (exact) mass is 290 g/mol. The summed E-state index contributed by atoms with van der Waals surface area (Å²) >= 11 is 1.42. The summed E-state index contributed by atoms with van der Waals surface area (Å²) in [4.78, 5) is 2.82. The Labute approximate surface area is 112 Å². The molecule has 104 valence electrons. The average Bonchev–Trinajstić information content (AvgIpc) is 2.79. The second kappa shape index (κ2) is 5.12. The van der Waals surface area contributed by atoms with E-state index in [1.54, 1.807) is 11.4 Å². The fourth-order valence-electron chi connectivity index (χ4n) is 2.11. The highest BCUT2D eigenvalue weighted by molar-refractivity contribution is 7.10. The van der Waals surface area contributed by atoms with Crippen LogP contribution in [-0.2, 0) is 6.54 Å². The van der Waals surface area contributed by atoms with Gasteiger partial charge in [0.25, 0.3) is 0 Å². The van der Waals surface area contributed by atoms with Crippen LogP contribution >= 0.6 is 11.3 Å². The smallest absolute Gasteiger partial charge is 0.380 e. The molecule has 1 aromatic heterocycles. The third kappa shape index (κ3) is 3.08. The highest BCUT2D eigenvalue weighted by Crippen LogP contribution is 2.38. The lowest BCUT2D eigenvalue weighted by Crippen LogP contribution is -2.53. The van der Waals surface area contributed by atoms with Crippen molar-refractivity contribution >= 4 is 11.3 Å². The summed E-state index contributed by atoms with van der Waals surface area (Å²) in [6.45, 7) is 0.936. The summed E-state index contributed by atoms with van der Waals surface area (Å²) in [5.41, 5.74) is -1.97. The van der Waals surface area contributed by atoms with Crippen molar-refractivity contribution in [1.29, 1.82) is 5.26 Å². The third-order valence-electron chi connectivity index (χ3n) is 3.37. The van der Waals surface area contributed by atoms with E-state index in [-0.39, 0.29) is 25.9 Å². The molecular weight excluding hydrogens is 277 g/mol. The van der Waals surface area contributed by atoms with Crippen LogP contribution in [0.3, 0.4) is 0 Å². The Morgan fingerprint density at radius 2 is 2.05 bits per heavy atom. The minimum Gasteiger partial charge on any atom is -0.380 e. The Morgan fingerprint density at radius 3 is 2.53 bits per heavy atom. The summed E-state index contributed by atoms with van der Waals surface area (Å²) in [5, 5.41) is 20.0. The molecule has 0 bridgehead atoms. The molecule has 1 N–H and O–H groups in total. The van der Waals surface area contributed by atoms with Crippen molar-refractivity contribution in [2.75, 3.05) is 13.1 Å². The summed E-state index contributed by atoms with van der Waals surface area (Å²) in [5.74, 6) is 0. The molecule has 0 unspecified atom stereocenters. The molecule has 2 heterocycles. The minimum absolute atomic E-state index is 0.204. The van der Waals surface area contributed by atoms with E-state index in [1.807, 2.05) is 11.0 Å². The number of thiophene rings is 1. The van der Waals surface area contributed by atoms with Crippen molar-refractivity contribution in [3.63, 3.8) is 0 Å². The molecule has 0 aliphatic carbocycles. The van der Waals surface area contributed by atoms with Crippen LogP contribution in [0.15, 0.2) is 11.4 Å². The van der Waals surface area contributed by atoms with E-state index in [9.17, 15) is 18.3 Å². The van der Waals surface area contributed by atoms with Crippen molar-refractivity contribution in [3.05, 3.63) is 21.9 Å². The van der Waals surface area contributed by atoms with E-state index >= 15 is 0 Å². The molecular formula is C12H13F3N2OS. The molecule has 0 radical (unpaired) electrons. The molecule has 1 aliphatic rings. The minimum atomic E-state index is -4.56. The third-order valence-corrected chi connectivity index (χ3v) is 4.29. The fourth-order valence-corrected chi connectivity index (χ4v) is 2.96. The molecule has 1 saturated heterocycles. The fraction of sp³-hybridized carbons (Fsp3) is 0.583. The van der Waals surface area contributed by atoms with Gasteiger partial charge in [0.15, 0.2) is 5.60 Å². The summed E-state index contributed by atoms with van der Waals surface area (Å²) < 4.78 is 37.9. The van der Waals surface area contributed by atoms with Crippen molar-refractivity contribution in [2.24, 2.45) is 0 Å². The predicted octanol–water partition coefficient (Wildman–Crippen LogP) is 2.51. The molecule has 0 amide bonds. The summed E-state index contributed by atoms with van der Waals surface area (Å²) in [7, 11) is 0. The Kier molecular flexibility index (Phi) is 3.85. The van der Waals surface area contributed by atoms with Crippen LogP contribution in [0.1, 0.15) is 23.3 Å². The van der Waals surface area contributed by atoms with E-state index in [1.165, 1.54) is 11.3 Å². The van der Waals surface area contributed by atoms with Gasteiger partial charge in [-0.1, -0.05) is 0 Å². The van der Waals surface area contributed by atoms with Gasteiger partial charge >= 0.3 is 6.18 Å². The van der Waals surface area contributed by atoms with Crippen molar-refractivity contribution in [3.8, 4) is 6.07 Å². The maximum absolute atomic E-state index is 12.6. The zero-order chi connectivity index (χ0) is 14.1. The van der Waals surface area contributed by atoms with Crippen LogP contribution in [0.5, 0.6) is 0 Å². The molecule has 0 atom stereocenters. The number of nitriles is 1. The Hall–Kier alpha value is -1.10. The van der Waals surface area contributed by atoms with Crippen LogP contribution in [0.4, 0.5) is 13.2 Å². The van der Waals surface area contributed by atoms with E-state index in [0.717, 1.165) is 4.88 Å². The molecule has 0 aromatic carbocycles. The van der Waals surface area contributed by atoms with Crippen LogP contribution in [0.25, 0.3) is 0 Å². The maximum Gasteiger partial charge on any atom is 0.417 e. The summed E-state index contributed by atoms with van der Waals surface area (Å²) in [6, 6.07) is 3.77. The van der Waals surface area contributed by atoms with Gasteiger partial charge in [0.05, 0.1) is 5.56 Å². The predicted molar refractivity (Wildman–Crippen MR) is 64.5 cm³/mol. The van der Waals surface area contributed by atoms with Crippen LogP contribution < -0.4 is 0 Å². The molecule has 3 nitrogen and oxygen atoms in total. The quantitative estimate of drug-likeness (QED) is 0.910. The van der Waals surface area contributed by atoms with Gasteiger partial charge in [-0.2, -0.15) is 18.4 Å². The highest BCUT2D eigenvalue weighted by atomic mass is 32.1. The average molecular weight is 290 g/mol. The molecule has 0 spiro atoms. The molecule has 1 aliphatic heterocycles. The lowest BCUT2D eigenvalue weighted by atomic mass is 9.91. The number of aliphatic hydroxyl groups is 1. The highest BCUT2D eigenvalue weighted by Gasteiger charge is 2.54. The summed E-state index contributed by atoms with van der Waals surface area (Å²) in [6.07, 6.45) is -5.16. The first-order valence-corrected chi connectivity index (χ1v) is 6.71. The second-order valence-electron chi connectivity index (χ2n) is 4.72. The molecule has 19 heavy (non-hydrogen) atoms. The van der Waals surface area contributed by atoms with Gasteiger partial charge < -0.3 is 5.11 Å². The van der Waals surface area contributed by atoms with Crippen LogP contribution in [0, 0.1) is 11.3 Å². The van der Waals surface area contributed by atoms with Crippen LogP contribution in [0.2, 0.25) is 0 Å². The lowest BCUT2D eigenvalue weighted by molar-refractivity contribution is -0.272. The first-order valence-electron chi connectivity index (χ1n) is 5.83. The number of piperidine rings is 1. The Balaban J connectivity index is 1.92. The lowest BCUT2D eigenvalue weighted by Gasteiger charge is -2.38. The number of hydrogen-bond donors (Lipinski definition) is 1. The zero-order valence-electron chi connectivity index (χ0n) is 10.1. The molecule has 0 saturated carbocycles. The van der Waals surface area contributed by atoms with Gasteiger partial charge in [-0.15, -0.1) is 11.3 Å². The normalized spacial score (nSPS) is 20.2. The zero-order valence-corrected chi connectivity index (χ0v) is 10.9. The van der Waals surface area contributed by atoms with Gasteiger partial charge in [0, 0.05) is 29.9 Å². The van der Waals surface area contributed by atoms with Crippen LogP contribution in [-0.4, -0.2) is 34.9 Å².